The van der Waals surface area contributed by atoms with Crippen molar-refractivity contribution >= 4 is 28.6 Å². The van der Waals surface area contributed by atoms with E-state index in [2.05, 4.69) is 32.9 Å². The molecule has 0 saturated carbocycles. The lowest BCUT2D eigenvalue weighted by atomic mass is 10.3. The average molecular weight is 315 g/mol. The van der Waals surface area contributed by atoms with E-state index < -0.39 is 5.97 Å². The first-order chi connectivity index (χ1) is 7.18. The summed E-state index contributed by atoms with van der Waals surface area (Å²) >= 11 is 2.17. The van der Waals surface area contributed by atoms with Gasteiger partial charge >= 0.3 is 5.97 Å². The molecule has 1 aromatic carbocycles. The van der Waals surface area contributed by atoms with Crippen molar-refractivity contribution in [2.45, 2.75) is 0 Å². The van der Waals surface area contributed by atoms with Gasteiger partial charge in [-0.25, -0.2) is 9.48 Å². The highest BCUT2D eigenvalue weighted by molar-refractivity contribution is 14.1. The highest BCUT2D eigenvalue weighted by Gasteiger charge is 2.12. The van der Waals surface area contributed by atoms with E-state index in [0.717, 1.165) is 3.57 Å². The summed E-state index contributed by atoms with van der Waals surface area (Å²) in [4.78, 5) is 10.8. The molecule has 0 unspecified atom stereocenters. The molecule has 0 aliphatic rings. The van der Waals surface area contributed by atoms with Crippen molar-refractivity contribution in [2.75, 3.05) is 0 Å². The van der Waals surface area contributed by atoms with Crippen LogP contribution in [0.15, 0.2) is 30.5 Å². The second-order valence-electron chi connectivity index (χ2n) is 2.81. The van der Waals surface area contributed by atoms with Gasteiger partial charge in [0, 0.05) is 3.57 Å². The molecule has 76 valence electrons. The summed E-state index contributed by atoms with van der Waals surface area (Å²) in [5.41, 5.74) is 0.738. The summed E-state index contributed by atoms with van der Waals surface area (Å²) < 4.78 is 2.37. The lowest BCUT2D eigenvalue weighted by Crippen LogP contribution is -2.07. The highest BCUT2D eigenvalue weighted by Crippen LogP contribution is 2.12. The van der Waals surface area contributed by atoms with Gasteiger partial charge < -0.3 is 5.11 Å². The van der Waals surface area contributed by atoms with E-state index in [0.29, 0.717) is 5.69 Å². The lowest BCUT2D eigenvalue weighted by Gasteiger charge is -2.02. The number of aromatic nitrogens is 3. The molecule has 2 rings (SSSR count). The largest absolute Gasteiger partial charge is 0.476 e. The van der Waals surface area contributed by atoms with Gasteiger partial charge in [-0.3, -0.25) is 0 Å². The predicted octanol–water partition coefficient (Wildman–Crippen LogP) is 1.57. The van der Waals surface area contributed by atoms with Gasteiger partial charge in [0.15, 0.2) is 5.69 Å². The van der Waals surface area contributed by atoms with Crippen molar-refractivity contribution in [3.63, 3.8) is 0 Å². The van der Waals surface area contributed by atoms with Crippen LogP contribution in [0.2, 0.25) is 0 Å². The Hall–Kier alpha value is -1.44. The zero-order valence-electron chi connectivity index (χ0n) is 7.46. The fourth-order valence-corrected chi connectivity index (χ4v) is 1.51. The van der Waals surface area contributed by atoms with Crippen molar-refractivity contribution in [1.82, 2.24) is 15.0 Å². The molecular formula is C9H6IN3O2. The smallest absolute Gasteiger partial charge is 0.356 e. The number of aromatic carboxylic acids is 1. The van der Waals surface area contributed by atoms with Crippen LogP contribution in [0.3, 0.4) is 0 Å². The van der Waals surface area contributed by atoms with Gasteiger partial charge in [0.05, 0.1) is 11.9 Å². The number of hydrogen-bond acceptors (Lipinski definition) is 3. The fraction of sp³-hybridized carbons (Fsp3) is 0. The Labute approximate surface area is 98.9 Å². The number of carboxylic acid groups (broad SMARTS) is 1. The minimum absolute atomic E-state index is 0.0520. The molecule has 2 aromatic rings. The maximum atomic E-state index is 10.8. The molecular weight excluding hydrogens is 309 g/mol. The van der Waals surface area contributed by atoms with Gasteiger partial charge in [0.25, 0.3) is 0 Å². The number of rotatable bonds is 2. The molecule has 0 aliphatic carbocycles. The molecule has 5 nitrogen and oxygen atoms in total. The molecule has 6 heteroatoms. The molecule has 1 N–H and O–H groups in total. The number of halogens is 1. The summed E-state index contributed by atoms with van der Waals surface area (Å²) in [7, 11) is 0. The molecule has 1 heterocycles. The number of carbonyl (C=O) groups is 1. The fourth-order valence-electron chi connectivity index (χ4n) is 1.15. The summed E-state index contributed by atoms with van der Waals surface area (Å²) in [5, 5.41) is 16.2. The first-order valence-corrected chi connectivity index (χ1v) is 5.16. The van der Waals surface area contributed by atoms with E-state index in [1.54, 1.807) is 12.1 Å². The summed E-state index contributed by atoms with van der Waals surface area (Å²) in [6, 6.07) is 7.35. The third-order valence-electron chi connectivity index (χ3n) is 1.84. The maximum absolute atomic E-state index is 10.8. The normalized spacial score (nSPS) is 10.2. The van der Waals surface area contributed by atoms with Crippen LogP contribution >= 0.6 is 22.6 Å². The van der Waals surface area contributed by atoms with Crippen molar-refractivity contribution in [2.24, 2.45) is 0 Å². The molecule has 0 fully saturated rings. The second kappa shape index (κ2) is 3.97. The van der Waals surface area contributed by atoms with E-state index in [4.69, 9.17) is 5.11 Å². The molecule has 0 atom stereocenters. The molecule has 0 saturated heterocycles. The zero-order chi connectivity index (χ0) is 10.8. The molecule has 15 heavy (non-hydrogen) atoms. The minimum atomic E-state index is -1.04. The number of benzene rings is 1. The van der Waals surface area contributed by atoms with E-state index in [9.17, 15) is 4.79 Å². The van der Waals surface area contributed by atoms with Gasteiger partial charge in [-0.2, -0.15) is 0 Å². The van der Waals surface area contributed by atoms with Crippen molar-refractivity contribution in [3.05, 3.63) is 39.7 Å². The van der Waals surface area contributed by atoms with Crippen molar-refractivity contribution in [3.8, 4) is 5.69 Å². The van der Waals surface area contributed by atoms with Gasteiger partial charge in [0.2, 0.25) is 0 Å². The van der Waals surface area contributed by atoms with Gasteiger partial charge in [-0.05, 0) is 46.9 Å². The van der Waals surface area contributed by atoms with E-state index in [1.165, 1.54) is 10.9 Å². The summed E-state index contributed by atoms with van der Waals surface area (Å²) in [5.74, 6) is -1.04. The van der Waals surface area contributed by atoms with Gasteiger partial charge in [-0.1, -0.05) is 5.21 Å². The SMILES string of the molecule is O=C(O)c1cnnn1-c1ccc(I)cc1. The van der Waals surface area contributed by atoms with Crippen LogP contribution in [0.1, 0.15) is 10.5 Å². The van der Waals surface area contributed by atoms with E-state index in [-0.39, 0.29) is 5.69 Å². The van der Waals surface area contributed by atoms with Crippen LogP contribution in [0.5, 0.6) is 0 Å². The highest BCUT2D eigenvalue weighted by atomic mass is 127. The molecule has 1 aromatic heterocycles. The topological polar surface area (TPSA) is 68.0 Å². The Bertz CT molecular complexity index is 492. The van der Waals surface area contributed by atoms with E-state index in [1.807, 2.05) is 12.1 Å². The summed E-state index contributed by atoms with van der Waals surface area (Å²) in [6.45, 7) is 0. The van der Waals surface area contributed by atoms with Crippen LogP contribution in [0, 0.1) is 3.57 Å². The second-order valence-corrected chi connectivity index (χ2v) is 4.06. The number of carboxylic acids is 1. The molecule has 0 radical (unpaired) electrons. The first kappa shape index (κ1) is 10.1. The van der Waals surface area contributed by atoms with Crippen LogP contribution in [-0.4, -0.2) is 26.1 Å². The third-order valence-corrected chi connectivity index (χ3v) is 2.56. The molecule has 0 aliphatic heterocycles. The van der Waals surface area contributed by atoms with Crippen molar-refractivity contribution < 1.29 is 9.90 Å². The van der Waals surface area contributed by atoms with Crippen LogP contribution < -0.4 is 0 Å². The zero-order valence-corrected chi connectivity index (χ0v) is 9.62. The molecule has 0 amide bonds. The van der Waals surface area contributed by atoms with Crippen LogP contribution in [-0.2, 0) is 0 Å². The Balaban J connectivity index is 2.49. The minimum Gasteiger partial charge on any atom is -0.476 e. The predicted molar refractivity (Wildman–Crippen MR) is 61.0 cm³/mol. The first-order valence-electron chi connectivity index (χ1n) is 4.08. The Morgan fingerprint density at radius 3 is 2.60 bits per heavy atom. The Morgan fingerprint density at radius 1 is 1.33 bits per heavy atom. The lowest BCUT2D eigenvalue weighted by molar-refractivity contribution is 0.0687. The third kappa shape index (κ3) is 1.99. The van der Waals surface area contributed by atoms with E-state index >= 15 is 0 Å². The van der Waals surface area contributed by atoms with Crippen LogP contribution in [0.4, 0.5) is 0 Å². The Morgan fingerprint density at radius 2 is 2.00 bits per heavy atom. The maximum Gasteiger partial charge on any atom is 0.356 e. The molecule has 0 bridgehead atoms. The quantitative estimate of drug-likeness (QED) is 0.854. The van der Waals surface area contributed by atoms with Crippen molar-refractivity contribution in [1.29, 1.82) is 0 Å². The number of nitrogens with zero attached hydrogens (tertiary/aromatic N) is 3. The average Bonchev–Trinajstić information content (AvgIpc) is 2.67. The van der Waals surface area contributed by atoms with Gasteiger partial charge in [-0.15, -0.1) is 5.10 Å². The monoisotopic (exact) mass is 315 g/mol. The standard InChI is InChI=1S/C9H6IN3O2/c10-6-1-3-7(4-2-6)13-8(9(14)15)5-11-12-13/h1-5H,(H,14,15). The van der Waals surface area contributed by atoms with Gasteiger partial charge in [0.1, 0.15) is 0 Å². The molecule has 0 spiro atoms. The van der Waals surface area contributed by atoms with Crippen LogP contribution in [0.25, 0.3) is 5.69 Å². The Kier molecular flexibility index (Phi) is 2.67. The number of hydrogen-bond donors (Lipinski definition) is 1. The summed E-state index contributed by atoms with van der Waals surface area (Å²) in [6.07, 6.45) is 1.22.